The van der Waals surface area contributed by atoms with Gasteiger partial charge in [0.1, 0.15) is 0 Å². The summed E-state index contributed by atoms with van der Waals surface area (Å²) in [5, 5.41) is 50.8. The molecule has 0 radical (unpaired) electrons. The molecule has 14 heteroatoms. The fourth-order valence-electron chi connectivity index (χ4n) is 0.306. The van der Waals surface area contributed by atoms with E-state index in [0.29, 0.717) is 0 Å². The van der Waals surface area contributed by atoms with Gasteiger partial charge in [0.05, 0.1) is 15.3 Å². The Bertz CT molecular complexity index is 198. The number of nitrogens with zero attached hydrogens (tertiary/aromatic N) is 3. The van der Waals surface area contributed by atoms with E-state index in [1.165, 1.54) is 19.1 Å². The topological polar surface area (TPSA) is 222 Å². The molecule has 13 nitrogen and oxygen atoms in total. The largest absolute Gasteiger partial charge is 3.00 e. The monoisotopic (exact) mass is 374 g/mol. The van der Waals surface area contributed by atoms with E-state index in [2.05, 4.69) is 6.92 Å². The van der Waals surface area contributed by atoms with Crippen LogP contribution in [0.25, 0.3) is 0 Å². The second kappa shape index (κ2) is 29.7. The summed E-state index contributed by atoms with van der Waals surface area (Å²) < 4.78 is 0. The summed E-state index contributed by atoms with van der Waals surface area (Å²) in [6.07, 6.45) is 4.79. The van der Waals surface area contributed by atoms with E-state index < -0.39 is 15.3 Å². The Hall–Kier alpha value is -2.11. The van der Waals surface area contributed by atoms with Gasteiger partial charge in [0.25, 0.3) is 0 Å². The maximum Gasteiger partial charge on any atom is 3.00 e. The van der Waals surface area contributed by atoms with Gasteiger partial charge in [-0.25, -0.2) is 0 Å². The second-order valence-corrected chi connectivity index (χ2v) is 2.02. The molecule has 0 spiro atoms. The summed E-state index contributed by atoms with van der Waals surface area (Å²) in [7, 11) is 0. The molecule has 0 aliphatic heterocycles. The Balaban J connectivity index is -0.0000000459. The number of hydrogen-bond acceptors (Lipinski definition) is 10. The standard InChI is InChI=1S/C5H11N.3NO3.Rh/c1-2-3-4-5-6;3*2-1(3)4;/h5-6H,2-4H2,1H3;;;;/q;3*-1;+3. The quantitative estimate of drug-likeness (QED) is 0.245. The van der Waals surface area contributed by atoms with Gasteiger partial charge in [-0.1, -0.05) is 13.3 Å². The Morgan fingerprint density at radius 1 is 0.895 bits per heavy atom. The van der Waals surface area contributed by atoms with Crippen LogP contribution in [0.15, 0.2) is 0 Å². The fourth-order valence-corrected chi connectivity index (χ4v) is 0.306. The van der Waals surface area contributed by atoms with Crippen molar-refractivity contribution < 1.29 is 34.7 Å². The molecule has 114 valence electrons. The van der Waals surface area contributed by atoms with Crippen LogP contribution < -0.4 is 0 Å². The molecule has 0 saturated heterocycles. The van der Waals surface area contributed by atoms with Gasteiger partial charge in [-0.3, -0.25) is 0 Å². The average Bonchev–Trinajstić information content (AvgIpc) is 2.11. The van der Waals surface area contributed by atoms with Gasteiger partial charge in [0.2, 0.25) is 0 Å². The van der Waals surface area contributed by atoms with Crippen LogP contribution in [-0.2, 0) is 19.5 Å². The van der Waals surface area contributed by atoms with Crippen molar-refractivity contribution >= 4 is 6.21 Å². The van der Waals surface area contributed by atoms with E-state index >= 15 is 0 Å². The zero-order valence-electron chi connectivity index (χ0n) is 9.55. The van der Waals surface area contributed by atoms with Gasteiger partial charge in [0, 0.05) is 0 Å². The first kappa shape index (κ1) is 30.2. The molecule has 0 aliphatic carbocycles. The van der Waals surface area contributed by atoms with E-state index in [4.69, 9.17) is 51.4 Å². The fraction of sp³-hybridized carbons (Fsp3) is 0.800. The van der Waals surface area contributed by atoms with Gasteiger partial charge < -0.3 is 51.4 Å². The molecule has 0 saturated carbocycles. The van der Waals surface area contributed by atoms with Crippen LogP contribution in [0.1, 0.15) is 26.2 Å². The third-order valence-electron chi connectivity index (χ3n) is 0.702. The van der Waals surface area contributed by atoms with Crippen molar-refractivity contribution in [3.8, 4) is 0 Å². The van der Waals surface area contributed by atoms with Crippen LogP contribution in [0.4, 0.5) is 0 Å². The van der Waals surface area contributed by atoms with E-state index in [1.807, 2.05) is 0 Å². The molecule has 1 N–H and O–H groups in total. The number of hydrogen-bond donors (Lipinski definition) is 1. The first-order valence-electron chi connectivity index (χ1n) is 4.05. The molecule has 19 heavy (non-hydrogen) atoms. The van der Waals surface area contributed by atoms with E-state index in [0.717, 1.165) is 6.42 Å². The second-order valence-electron chi connectivity index (χ2n) is 2.02. The van der Waals surface area contributed by atoms with E-state index in [1.54, 1.807) is 0 Å². The molecule has 0 aliphatic rings. The SMILES string of the molecule is CCCCC=N.O=[N+]([O-])[O-].O=[N+]([O-])[O-].O=[N+]([O-])[O-].[Rh+3]. The van der Waals surface area contributed by atoms with Crippen molar-refractivity contribution in [1.82, 2.24) is 0 Å². The third-order valence-corrected chi connectivity index (χ3v) is 0.702. The van der Waals surface area contributed by atoms with Crippen molar-refractivity contribution in [3.05, 3.63) is 46.0 Å². The minimum atomic E-state index is -1.75. The molecule has 0 unspecified atom stereocenters. The summed E-state index contributed by atoms with van der Waals surface area (Å²) in [5.41, 5.74) is 0. The first-order valence-corrected chi connectivity index (χ1v) is 4.05. The molecular formula is C5H11N4O9Rh. The van der Waals surface area contributed by atoms with Gasteiger partial charge >= 0.3 is 19.5 Å². The number of nitrogens with one attached hydrogen (secondary N) is 1. The van der Waals surface area contributed by atoms with Crippen LogP contribution in [0.2, 0.25) is 0 Å². The molecular weight excluding hydrogens is 363 g/mol. The zero-order valence-corrected chi connectivity index (χ0v) is 11.2. The summed E-state index contributed by atoms with van der Waals surface area (Å²) in [6.45, 7) is 2.13. The Kier molecular flexibility index (Phi) is 47.2. The molecule has 0 aromatic carbocycles. The van der Waals surface area contributed by atoms with Gasteiger partial charge in [-0.05, 0) is 19.1 Å². The Labute approximate surface area is 119 Å². The summed E-state index contributed by atoms with van der Waals surface area (Å²) in [4.78, 5) is 24.8. The predicted octanol–water partition coefficient (Wildman–Crippen LogP) is 1.11. The van der Waals surface area contributed by atoms with Crippen molar-refractivity contribution in [2.24, 2.45) is 0 Å². The molecule has 0 bridgehead atoms. The maximum absolute atomic E-state index is 8.25. The van der Waals surface area contributed by atoms with Crippen LogP contribution in [-0.4, -0.2) is 21.5 Å². The molecule has 0 heterocycles. The third kappa shape index (κ3) is 3840. The minimum Gasteiger partial charge on any atom is -0.356 e. The molecule has 0 aromatic heterocycles. The number of rotatable bonds is 3. The average molecular weight is 374 g/mol. The molecule has 0 atom stereocenters. The van der Waals surface area contributed by atoms with Gasteiger partial charge in [0.15, 0.2) is 0 Å². The zero-order chi connectivity index (χ0) is 15.6. The molecule has 0 rings (SSSR count). The molecule has 0 aromatic rings. The first-order chi connectivity index (χ1) is 8.11. The Morgan fingerprint density at radius 2 is 1.11 bits per heavy atom. The van der Waals surface area contributed by atoms with Crippen LogP contribution in [0.5, 0.6) is 0 Å². The molecule has 0 amide bonds. The Morgan fingerprint density at radius 3 is 1.16 bits per heavy atom. The van der Waals surface area contributed by atoms with E-state index in [9.17, 15) is 0 Å². The molecule has 0 fully saturated rings. The van der Waals surface area contributed by atoms with E-state index in [-0.39, 0.29) is 19.5 Å². The smallest absolute Gasteiger partial charge is 0.356 e. The van der Waals surface area contributed by atoms with Crippen molar-refractivity contribution in [1.29, 1.82) is 5.41 Å². The van der Waals surface area contributed by atoms with Crippen molar-refractivity contribution in [2.45, 2.75) is 26.2 Å². The summed E-state index contributed by atoms with van der Waals surface area (Å²) in [5.74, 6) is 0. The van der Waals surface area contributed by atoms with Crippen molar-refractivity contribution in [3.63, 3.8) is 0 Å². The van der Waals surface area contributed by atoms with Crippen LogP contribution in [0, 0.1) is 51.4 Å². The van der Waals surface area contributed by atoms with Gasteiger partial charge in [-0.15, -0.1) is 0 Å². The van der Waals surface area contributed by atoms with Crippen LogP contribution in [0.3, 0.4) is 0 Å². The van der Waals surface area contributed by atoms with Crippen LogP contribution >= 0.6 is 0 Å². The predicted molar refractivity (Wildman–Crippen MR) is 59.4 cm³/mol. The summed E-state index contributed by atoms with van der Waals surface area (Å²) >= 11 is 0. The number of unbranched alkanes of at least 4 members (excludes halogenated alkanes) is 2. The summed E-state index contributed by atoms with van der Waals surface area (Å²) in [6, 6.07) is 0. The van der Waals surface area contributed by atoms with Gasteiger partial charge in [-0.2, -0.15) is 0 Å². The van der Waals surface area contributed by atoms with Crippen molar-refractivity contribution in [2.75, 3.05) is 0 Å². The maximum atomic E-state index is 8.25. The normalized spacial score (nSPS) is 6.37. The minimum absolute atomic E-state index is 0.